The Hall–Kier alpha value is -2.11. The second-order valence-corrected chi connectivity index (χ2v) is 6.53. The lowest BCUT2D eigenvalue weighted by Crippen LogP contribution is -2.17. The Bertz CT molecular complexity index is 719. The quantitative estimate of drug-likeness (QED) is 0.715. The maximum absolute atomic E-state index is 5.78. The Morgan fingerprint density at radius 2 is 2.09 bits per heavy atom. The lowest BCUT2D eigenvalue weighted by Gasteiger charge is -2.14. The molecule has 5 heteroatoms. The molecule has 1 N–H and O–H groups in total. The summed E-state index contributed by atoms with van der Waals surface area (Å²) in [5.74, 6) is 1.78. The van der Waals surface area contributed by atoms with Crippen LogP contribution in [0.5, 0.6) is 5.75 Å². The first-order valence-electron chi connectivity index (χ1n) is 7.67. The van der Waals surface area contributed by atoms with Gasteiger partial charge in [0.15, 0.2) is 0 Å². The van der Waals surface area contributed by atoms with E-state index in [0.29, 0.717) is 12.6 Å². The average molecular weight is 327 g/mol. The summed E-state index contributed by atoms with van der Waals surface area (Å²) in [4.78, 5) is 5.61. The van der Waals surface area contributed by atoms with Crippen LogP contribution in [0.1, 0.15) is 29.2 Å². The van der Waals surface area contributed by atoms with Crippen LogP contribution in [0.4, 0.5) is 0 Å². The lowest BCUT2D eigenvalue weighted by atomic mass is 10.1. The molecule has 0 bridgehead atoms. The molecule has 23 heavy (non-hydrogen) atoms. The van der Waals surface area contributed by atoms with Crippen LogP contribution in [0.2, 0.25) is 0 Å². The molecule has 1 aromatic carbocycles. The van der Waals surface area contributed by atoms with Crippen molar-refractivity contribution in [3.8, 4) is 5.75 Å². The van der Waals surface area contributed by atoms with Gasteiger partial charge in [-0.3, -0.25) is 0 Å². The molecular weight excluding hydrogens is 306 g/mol. The number of imidazole rings is 1. The number of nitrogens with one attached hydrogen (secondary N) is 1. The van der Waals surface area contributed by atoms with Crippen LogP contribution in [-0.2, 0) is 20.2 Å². The minimum absolute atomic E-state index is 0.306. The van der Waals surface area contributed by atoms with E-state index >= 15 is 0 Å². The first-order valence-corrected chi connectivity index (χ1v) is 8.55. The Kier molecular flexibility index (Phi) is 5.10. The minimum atomic E-state index is 0.306. The fourth-order valence-corrected chi connectivity index (χ4v) is 2.98. The molecule has 3 rings (SSSR count). The molecule has 0 unspecified atom stereocenters. The monoisotopic (exact) mass is 327 g/mol. The highest BCUT2D eigenvalue weighted by molar-refractivity contribution is 7.09. The summed E-state index contributed by atoms with van der Waals surface area (Å²) < 4.78 is 7.75. The zero-order valence-corrected chi connectivity index (χ0v) is 14.2. The summed E-state index contributed by atoms with van der Waals surface area (Å²) in [6.07, 6.45) is 3.70. The first-order chi connectivity index (χ1) is 11.2. The van der Waals surface area contributed by atoms with Crippen LogP contribution in [0.3, 0.4) is 0 Å². The van der Waals surface area contributed by atoms with Crippen molar-refractivity contribution in [3.63, 3.8) is 0 Å². The van der Waals surface area contributed by atoms with E-state index in [4.69, 9.17) is 4.74 Å². The number of rotatable bonds is 7. The molecule has 120 valence electrons. The number of thiophene rings is 1. The maximum atomic E-state index is 5.78. The number of ether oxygens (including phenoxy) is 1. The lowest BCUT2D eigenvalue weighted by molar-refractivity contribution is 0.291. The van der Waals surface area contributed by atoms with Gasteiger partial charge in [0.1, 0.15) is 18.2 Å². The van der Waals surface area contributed by atoms with Crippen molar-refractivity contribution < 1.29 is 4.74 Å². The van der Waals surface area contributed by atoms with E-state index in [1.54, 1.807) is 17.5 Å². The molecule has 0 saturated carbocycles. The average Bonchev–Trinajstić information content (AvgIpc) is 3.23. The van der Waals surface area contributed by atoms with Crippen molar-refractivity contribution in [3.05, 3.63) is 70.4 Å². The fraction of sp³-hybridized carbons (Fsp3) is 0.278. The zero-order valence-electron chi connectivity index (χ0n) is 13.4. The van der Waals surface area contributed by atoms with Crippen LogP contribution in [0.15, 0.2) is 54.2 Å². The summed E-state index contributed by atoms with van der Waals surface area (Å²) in [5.41, 5.74) is 1.26. The van der Waals surface area contributed by atoms with Crippen LogP contribution in [0, 0.1) is 0 Å². The molecule has 0 aliphatic rings. The highest BCUT2D eigenvalue weighted by Gasteiger charge is 2.06. The predicted molar refractivity (Wildman–Crippen MR) is 93.6 cm³/mol. The van der Waals surface area contributed by atoms with Crippen LogP contribution < -0.4 is 10.1 Å². The smallest absolute Gasteiger partial charge is 0.146 e. The van der Waals surface area contributed by atoms with Crippen molar-refractivity contribution in [2.45, 2.75) is 26.1 Å². The van der Waals surface area contributed by atoms with Gasteiger partial charge in [0.05, 0.1) is 0 Å². The predicted octanol–water partition coefficient (Wildman–Crippen LogP) is 3.91. The fourth-order valence-electron chi connectivity index (χ4n) is 2.32. The van der Waals surface area contributed by atoms with E-state index in [9.17, 15) is 0 Å². The Morgan fingerprint density at radius 3 is 2.74 bits per heavy atom. The van der Waals surface area contributed by atoms with E-state index in [2.05, 4.69) is 46.9 Å². The van der Waals surface area contributed by atoms with Gasteiger partial charge >= 0.3 is 0 Å². The summed E-state index contributed by atoms with van der Waals surface area (Å²) in [6, 6.07) is 12.8. The minimum Gasteiger partial charge on any atom is -0.486 e. The third-order valence-electron chi connectivity index (χ3n) is 3.83. The van der Waals surface area contributed by atoms with Crippen molar-refractivity contribution in [1.29, 1.82) is 0 Å². The number of nitrogens with zero attached hydrogens (tertiary/aromatic N) is 2. The van der Waals surface area contributed by atoms with Crippen LogP contribution in [-0.4, -0.2) is 9.55 Å². The molecule has 0 aliphatic heterocycles. The molecule has 4 nitrogen and oxygen atoms in total. The van der Waals surface area contributed by atoms with E-state index in [-0.39, 0.29) is 0 Å². The number of aromatic nitrogens is 2. The number of hydrogen-bond acceptors (Lipinski definition) is 4. The molecule has 0 radical (unpaired) electrons. The second kappa shape index (κ2) is 7.44. The topological polar surface area (TPSA) is 39.1 Å². The normalized spacial score (nSPS) is 12.3. The van der Waals surface area contributed by atoms with Gasteiger partial charge in [-0.2, -0.15) is 0 Å². The molecule has 0 amide bonds. The van der Waals surface area contributed by atoms with Crippen molar-refractivity contribution in [2.75, 3.05) is 0 Å². The first kappa shape index (κ1) is 15.8. The molecule has 1 atom stereocenters. The Balaban J connectivity index is 1.52. The standard InChI is InChI=1S/C18H21N3OS/c1-14(20-12-17-4-3-11-23-17)15-5-7-16(8-6-15)22-13-18-19-9-10-21(18)2/h3-11,14,20H,12-13H2,1-2H3/t14-/m0/s1. The van der Waals surface area contributed by atoms with E-state index in [1.807, 2.05) is 29.9 Å². The van der Waals surface area contributed by atoms with Gasteiger partial charge in [-0.15, -0.1) is 11.3 Å². The highest BCUT2D eigenvalue weighted by Crippen LogP contribution is 2.19. The van der Waals surface area contributed by atoms with Gasteiger partial charge in [-0.05, 0) is 36.1 Å². The maximum Gasteiger partial charge on any atom is 0.146 e. The van der Waals surface area contributed by atoms with Gasteiger partial charge in [-0.1, -0.05) is 18.2 Å². The van der Waals surface area contributed by atoms with Crippen LogP contribution in [0.25, 0.3) is 0 Å². The third-order valence-corrected chi connectivity index (χ3v) is 4.71. The van der Waals surface area contributed by atoms with E-state index < -0.39 is 0 Å². The van der Waals surface area contributed by atoms with Gasteiger partial charge in [0.2, 0.25) is 0 Å². The molecule has 0 aliphatic carbocycles. The molecule has 0 spiro atoms. The Labute approximate surface area is 140 Å². The SMILES string of the molecule is C[C@H](NCc1cccs1)c1ccc(OCc2nccn2C)cc1. The van der Waals surface area contributed by atoms with Crippen molar-refractivity contribution in [1.82, 2.24) is 14.9 Å². The summed E-state index contributed by atoms with van der Waals surface area (Å²) in [5, 5.41) is 5.65. The number of benzene rings is 1. The van der Waals surface area contributed by atoms with Crippen molar-refractivity contribution in [2.24, 2.45) is 7.05 Å². The molecule has 2 heterocycles. The summed E-state index contributed by atoms with van der Waals surface area (Å²) >= 11 is 1.78. The Morgan fingerprint density at radius 1 is 1.26 bits per heavy atom. The number of aryl methyl sites for hydroxylation is 1. The van der Waals surface area contributed by atoms with Gasteiger partial charge < -0.3 is 14.6 Å². The van der Waals surface area contributed by atoms with Crippen LogP contribution >= 0.6 is 11.3 Å². The van der Waals surface area contributed by atoms with E-state index in [0.717, 1.165) is 18.1 Å². The largest absolute Gasteiger partial charge is 0.486 e. The highest BCUT2D eigenvalue weighted by atomic mass is 32.1. The molecule has 0 saturated heterocycles. The van der Waals surface area contributed by atoms with Gasteiger partial charge in [0.25, 0.3) is 0 Å². The summed E-state index contributed by atoms with van der Waals surface area (Å²) in [7, 11) is 1.97. The zero-order chi connectivity index (χ0) is 16.1. The third kappa shape index (κ3) is 4.21. The second-order valence-electron chi connectivity index (χ2n) is 5.49. The molecule has 2 aromatic heterocycles. The van der Waals surface area contributed by atoms with E-state index in [1.165, 1.54) is 10.4 Å². The molecule has 3 aromatic rings. The number of hydrogen-bond donors (Lipinski definition) is 1. The molecular formula is C18H21N3OS. The summed E-state index contributed by atoms with van der Waals surface area (Å²) in [6.45, 7) is 3.56. The van der Waals surface area contributed by atoms with Crippen molar-refractivity contribution >= 4 is 11.3 Å². The van der Waals surface area contributed by atoms with Gasteiger partial charge in [-0.25, -0.2) is 4.98 Å². The molecule has 0 fully saturated rings. The van der Waals surface area contributed by atoms with Gasteiger partial charge in [0, 0.05) is 36.9 Å².